The van der Waals surface area contributed by atoms with Gasteiger partial charge in [0.2, 0.25) is 0 Å². The van der Waals surface area contributed by atoms with Gasteiger partial charge in [0.25, 0.3) is 10.0 Å². The van der Waals surface area contributed by atoms with E-state index in [-0.39, 0.29) is 0 Å². The third-order valence-electron chi connectivity index (χ3n) is 2.31. The molecule has 0 saturated heterocycles. The third kappa shape index (κ3) is 4.01. The van der Waals surface area contributed by atoms with E-state index in [1.165, 1.54) is 15.6 Å². The molecule has 0 saturated carbocycles. The minimum absolute atomic E-state index is 0.360. The molecule has 0 aliphatic heterocycles. The number of alkyl halides is 1. The van der Waals surface area contributed by atoms with Crippen molar-refractivity contribution in [1.82, 2.24) is 4.31 Å². The van der Waals surface area contributed by atoms with Crippen LogP contribution < -0.4 is 0 Å². The Balaban J connectivity index is 3.00. The van der Waals surface area contributed by atoms with Crippen molar-refractivity contribution in [2.45, 2.75) is 11.1 Å². The van der Waals surface area contributed by atoms with Crippen molar-refractivity contribution in [2.24, 2.45) is 0 Å². The van der Waals surface area contributed by atoms with Gasteiger partial charge in [-0.05, 0) is 34.5 Å². The van der Waals surface area contributed by atoms with E-state index in [2.05, 4.69) is 31.9 Å². The molecule has 0 bridgehead atoms. The molecule has 0 N–H and O–H groups in total. The van der Waals surface area contributed by atoms with Crippen LogP contribution in [-0.4, -0.2) is 44.9 Å². The molecule has 1 aromatic heterocycles. The van der Waals surface area contributed by atoms with Crippen molar-refractivity contribution < 1.29 is 13.2 Å². The molecule has 0 aromatic carbocycles. The average Bonchev–Trinajstić information content (AvgIpc) is 2.65. The number of thiophene rings is 1. The van der Waals surface area contributed by atoms with E-state index in [0.717, 1.165) is 9.35 Å². The van der Waals surface area contributed by atoms with Crippen LogP contribution >= 0.6 is 43.2 Å². The number of aryl methyl sites for hydroxylation is 1. The number of rotatable bonds is 7. The van der Waals surface area contributed by atoms with E-state index in [1.54, 1.807) is 13.2 Å². The Morgan fingerprint density at radius 3 is 2.56 bits per heavy atom. The van der Waals surface area contributed by atoms with E-state index in [9.17, 15) is 8.42 Å². The fraction of sp³-hybridized carbons (Fsp3) is 0.600. The average molecular weight is 421 g/mol. The number of sulfonamides is 1. The first kappa shape index (κ1) is 16.6. The zero-order chi connectivity index (χ0) is 13.8. The van der Waals surface area contributed by atoms with Crippen molar-refractivity contribution >= 4 is 53.2 Å². The van der Waals surface area contributed by atoms with E-state index in [4.69, 9.17) is 4.74 Å². The van der Waals surface area contributed by atoms with Crippen molar-refractivity contribution in [3.8, 4) is 0 Å². The van der Waals surface area contributed by atoms with Gasteiger partial charge in [0.05, 0.1) is 10.4 Å². The van der Waals surface area contributed by atoms with Gasteiger partial charge in [-0.25, -0.2) is 8.42 Å². The number of ether oxygens (including phenoxy) is 1. The fourth-order valence-electron chi connectivity index (χ4n) is 1.33. The highest BCUT2D eigenvalue weighted by molar-refractivity contribution is 9.11. The lowest BCUT2D eigenvalue weighted by Gasteiger charge is -2.19. The quantitative estimate of drug-likeness (QED) is 0.637. The lowest BCUT2D eigenvalue weighted by atomic mass is 10.4. The highest BCUT2D eigenvalue weighted by atomic mass is 79.9. The number of hydrogen-bond acceptors (Lipinski definition) is 4. The molecule has 0 spiro atoms. The Bertz CT molecular complexity index is 468. The summed E-state index contributed by atoms with van der Waals surface area (Å²) in [6.45, 7) is 3.06. The van der Waals surface area contributed by atoms with Crippen molar-refractivity contribution in [3.05, 3.63) is 15.4 Å². The summed E-state index contributed by atoms with van der Waals surface area (Å²) in [4.78, 5) is 0. The van der Waals surface area contributed by atoms with Gasteiger partial charge in [-0.1, -0.05) is 15.9 Å². The summed E-state index contributed by atoms with van der Waals surface area (Å²) in [5.74, 6) is 0. The molecule has 0 aliphatic rings. The number of nitrogens with zero attached hydrogens (tertiary/aromatic N) is 1. The second kappa shape index (κ2) is 7.35. The van der Waals surface area contributed by atoms with Gasteiger partial charge in [-0.3, -0.25) is 0 Å². The molecule has 1 aromatic rings. The summed E-state index contributed by atoms with van der Waals surface area (Å²) in [6, 6.07) is 1.69. The van der Waals surface area contributed by atoms with Gasteiger partial charge in [0.1, 0.15) is 4.21 Å². The van der Waals surface area contributed by atoms with Crippen LogP contribution in [0.1, 0.15) is 5.56 Å². The summed E-state index contributed by atoms with van der Waals surface area (Å²) < 4.78 is 32.5. The maximum absolute atomic E-state index is 12.4. The molecule has 1 heterocycles. The molecule has 8 heteroatoms. The molecule has 0 radical (unpaired) electrons. The van der Waals surface area contributed by atoms with E-state index >= 15 is 0 Å². The Morgan fingerprint density at radius 2 is 2.11 bits per heavy atom. The molecule has 4 nitrogen and oxygen atoms in total. The van der Waals surface area contributed by atoms with Crippen LogP contribution in [0.15, 0.2) is 14.1 Å². The maximum Gasteiger partial charge on any atom is 0.252 e. The van der Waals surface area contributed by atoms with E-state index in [1.807, 2.05) is 6.92 Å². The highest BCUT2D eigenvalue weighted by Crippen LogP contribution is 2.32. The molecule has 1 rings (SSSR count). The summed E-state index contributed by atoms with van der Waals surface area (Å²) in [6.07, 6.45) is 0. The summed E-state index contributed by atoms with van der Waals surface area (Å²) >= 11 is 7.86. The molecule has 0 fully saturated rings. The van der Waals surface area contributed by atoms with Crippen LogP contribution in [0.5, 0.6) is 0 Å². The molecular weight excluding hydrogens is 406 g/mol. The molecule has 104 valence electrons. The largest absolute Gasteiger partial charge is 0.383 e. The topological polar surface area (TPSA) is 46.6 Å². The van der Waals surface area contributed by atoms with Gasteiger partial charge >= 0.3 is 0 Å². The molecule has 0 unspecified atom stereocenters. The molecular formula is C10H15Br2NO3S2. The monoisotopic (exact) mass is 419 g/mol. The highest BCUT2D eigenvalue weighted by Gasteiger charge is 2.26. The smallest absolute Gasteiger partial charge is 0.252 e. The standard InChI is InChI=1S/C10H15Br2NO3S2/c1-8-7-9(17-10(8)12)18(14,15)13(4-3-11)5-6-16-2/h7H,3-6H2,1-2H3. The number of methoxy groups -OCH3 is 1. The molecule has 18 heavy (non-hydrogen) atoms. The van der Waals surface area contributed by atoms with E-state index < -0.39 is 10.0 Å². The minimum atomic E-state index is -3.43. The lowest BCUT2D eigenvalue weighted by Crippen LogP contribution is -2.35. The first-order valence-electron chi connectivity index (χ1n) is 5.24. The van der Waals surface area contributed by atoms with Crippen molar-refractivity contribution in [2.75, 3.05) is 32.1 Å². The van der Waals surface area contributed by atoms with Gasteiger partial charge in [0, 0.05) is 25.5 Å². The maximum atomic E-state index is 12.4. The summed E-state index contributed by atoms with van der Waals surface area (Å²) in [7, 11) is -1.86. The van der Waals surface area contributed by atoms with Gasteiger partial charge < -0.3 is 4.74 Å². The predicted octanol–water partition coefficient (Wildman–Crippen LogP) is 2.85. The van der Waals surface area contributed by atoms with Crippen LogP contribution in [0.25, 0.3) is 0 Å². The Hall–Kier alpha value is 0.530. The Labute approximate surface area is 129 Å². The summed E-state index contributed by atoms with van der Waals surface area (Å²) in [5, 5.41) is 0.599. The second-order valence-corrected chi connectivity index (χ2v) is 8.94. The number of hydrogen-bond donors (Lipinski definition) is 0. The van der Waals surface area contributed by atoms with Crippen LogP contribution in [0.2, 0.25) is 0 Å². The molecule has 0 amide bonds. The first-order valence-corrected chi connectivity index (χ1v) is 9.41. The van der Waals surface area contributed by atoms with Crippen LogP contribution in [0.4, 0.5) is 0 Å². The number of halogens is 2. The Kier molecular flexibility index (Phi) is 6.77. The van der Waals surface area contributed by atoms with Crippen LogP contribution in [-0.2, 0) is 14.8 Å². The van der Waals surface area contributed by atoms with E-state index in [0.29, 0.717) is 29.2 Å². The second-order valence-electron chi connectivity index (χ2n) is 3.61. The first-order chi connectivity index (χ1) is 8.43. The van der Waals surface area contributed by atoms with Gasteiger partial charge in [0.15, 0.2) is 0 Å². The normalized spacial score (nSPS) is 12.3. The Morgan fingerprint density at radius 1 is 1.44 bits per heavy atom. The SMILES string of the molecule is COCCN(CCBr)S(=O)(=O)c1cc(C)c(Br)s1. The van der Waals surface area contributed by atoms with Crippen LogP contribution in [0.3, 0.4) is 0 Å². The summed E-state index contributed by atoms with van der Waals surface area (Å²) in [5.41, 5.74) is 0.934. The van der Waals surface area contributed by atoms with Gasteiger partial charge in [-0.2, -0.15) is 4.31 Å². The van der Waals surface area contributed by atoms with Crippen molar-refractivity contribution in [3.63, 3.8) is 0 Å². The van der Waals surface area contributed by atoms with Gasteiger partial charge in [-0.15, -0.1) is 11.3 Å². The predicted molar refractivity (Wildman–Crippen MR) is 81.2 cm³/mol. The molecule has 0 atom stereocenters. The minimum Gasteiger partial charge on any atom is -0.383 e. The zero-order valence-corrected chi connectivity index (χ0v) is 15.0. The third-order valence-corrected chi connectivity index (χ3v) is 7.15. The zero-order valence-electron chi connectivity index (χ0n) is 10.2. The lowest BCUT2D eigenvalue weighted by molar-refractivity contribution is 0.181. The fourth-order valence-corrected chi connectivity index (χ4v) is 5.79. The van der Waals surface area contributed by atoms with Crippen molar-refractivity contribution in [1.29, 1.82) is 0 Å². The molecule has 0 aliphatic carbocycles. The van der Waals surface area contributed by atoms with Crippen LogP contribution in [0, 0.1) is 6.92 Å².